The molecule has 0 fully saturated rings. The van der Waals surface area contributed by atoms with Gasteiger partial charge in [0, 0.05) is 10.5 Å². The largest absolute Gasteiger partial charge is 0.293 e. The zero-order chi connectivity index (χ0) is 15.2. The molecule has 110 valence electrons. The molecule has 0 aliphatic carbocycles. The molecule has 0 saturated heterocycles. The molecular formula is C19H22OS. The number of hydrogen-bond acceptors (Lipinski definition) is 2. The molecule has 0 unspecified atom stereocenters. The number of ketones is 1. The molecule has 2 aromatic rings. The molecule has 0 atom stereocenters. The van der Waals surface area contributed by atoms with E-state index in [-0.39, 0.29) is 5.78 Å². The Labute approximate surface area is 131 Å². The number of rotatable bonds is 6. The molecule has 0 saturated carbocycles. The fourth-order valence-corrected chi connectivity index (χ4v) is 3.19. The summed E-state index contributed by atoms with van der Waals surface area (Å²) in [6, 6.07) is 16.3. The monoisotopic (exact) mass is 298 g/mol. The predicted molar refractivity (Wildman–Crippen MR) is 91.2 cm³/mol. The molecule has 0 spiro atoms. The van der Waals surface area contributed by atoms with Crippen molar-refractivity contribution < 1.29 is 4.79 Å². The molecule has 0 radical (unpaired) electrons. The van der Waals surface area contributed by atoms with Crippen molar-refractivity contribution in [2.24, 2.45) is 5.92 Å². The van der Waals surface area contributed by atoms with Crippen LogP contribution in [0.15, 0.2) is 53.4 Å². The van der Waals surface area contributed by atoms with Gasteiger partial charge in [-0.25, -0.2) is 0 Å². The Kier molecular flexibility index (Phi) is 5.63. The Balaban J connectivity index is 2.00. The van der Waals surface area contributed by atoms with Gasteiger partial charge in [0.15, 0.2) is 5.78 Å². The molecule has 0 amide bonds. The van der Waals surface area contributed by atoms with Crippen LogP contribution in [0.4, 0.5) is 0 Å². The standard InChI is InChI=1S/C19H22OS/c1-14(2)10-16-7-5-8-17(12-16)19(20)13-21-18-9-4-6-15(3)11-18/h4-9,11-12,14H,10,13H2,1-3H3. The highest BCUT2D eigenvalue weighted by atomic mass is 32.2. The van der Waals surface area contributed by atoms with Crippen molar-refractivity contribution in [1.29, 1.82) is 0 Å². The molecule has 0 aliphatic heterocycles. The second kappa shape index (κ2) is 7.46. The summed E-state index contributed by atoms with van der Waals surface area (Å²) < 4.78 is 0. The molecule has 0 aliphatic rings. The summed E-state index contributed by atoms with van der Waals surface area (Å²) in [6.07, 6.45) is 1.02. The van der Waals surface area contributed by atoms with E-state index in [1.807, 2.05) is 24.3 Å². The van der Waals surface area contributed by atoms with Crippen molar-refractivity contribution in [2.75, 3.05) is 5.75 Å². The van der Waals surface area contributed by atoms with Crippen molar-refractivity contribution in [2.45, 2.75) is 32.1 Å². The SMILES string of the molecule is Cc1cccc(SCC(=O)c2cccc(CC(C)C)c2)c1. The van der Waals surface area contributed by atoms with E-state index in [9.17, 15) is 4.79 Å². The zero-order valence-electron chi connectivity index (χ0n) is 12.9. The van der Waals surface area contributed by atoms with Crippen LogP contribution in [0.3, 0.4) is 0 Å². The number of benzene rings is 2. The number of carbonyl (C=O) groups is 1. The van der Waals surface area contributed by atoms with Crippen molar-refractivity contribution in [3.63, 3.8) is 0 Å². The van der Waals surface area contributed by atoms with E-state index in [0.29, 0.717) is 11.7 Å². The van der Waals surface area contributed by atoms with Crippen LogP contribution in [0.25, 0.3) is 0 Å². The van der Waals surface area contributed by atoms with E-state index >= 15 is 0 Å². The van der Waals surface area contributed by atoms with Gasteiger partial charge in [-0.1, -0.05) is 49.7 Å². The van der Waals surface area contributed by atoms with Gasteiger partial charge in [0.1, 0.15) is 0 Å². The van der Waals surface area contributed by atoms with Gasteiger partial charge in [0.05, 0.1) is 5.75 Å². The van der Waals surface area contributed by atoms with Gasteiger partial charge in [-0.2, -0.15) is 0 Å². The first-order valence-electron chi connectivity index (χ1n) is 7.36. The maximum absolute atomic E-state index is 12.3. The Morgan fingerprint density at radius 2 is 1.86 bits per heavy atom. The van der Waals surface area contributed by atoms with Crippen molar-refractivity contribution in [3.05, 3.63) is 65.2 Å². The van der Waals surface area contributed by atoms with Gasteiger partial charge in [-0.15, -0.1) is 11.8 Å². The second-order valence-corrected chi connectivity index (χ2v) is 6.88. The molecule has 21 heavy (non-hydrogen) atoms. The topological polar surface area (TPSA) is 17.1 Å². The minimum absolute atomic E-state index is 0.201. The van der Waals surface area contributed by atoms with Crippen molar-refractivity contribution in [3.8, 4) is 0 Å². The second-order valence-electron chi connectivity index (χ2n) is 5.83. The fraction of sp³-hybridized carbons (Fsp3) is 0.316. The summed E-state index contributed by atoms with van der Waals surface area (Å²) in [7, 11) is 0. The quantitative estimate of drug-likeness (QED) is 0.540. The third-order valence-corrected chi connectivity index (χ3v) is 4.25. The Morgan fingerprint density at radius 3 is 2.57 bits per heavy atom. The maximum atomic E-state index is 12.3. The highest BCUT2D eigenvalue weighted by molar-refractivity contribution is 8.00. The van der Waals surface area contributed by atoms with Gasteiger partial charge < -0.3 is 0 Å². The maximum Gasteiger partial charge on any atom is 0.173 e. The van der Waals surface area contributed by atoms with Crippen LogP contribution in [-0.4, -0.2) is 11.5 Å². The van der Waals surface area contributed by atoms with E-state index in [0.717, 1.165) is 16.9 Å². The van der Waals surface area contributed by atoms with E-state index in [4.69, 9.17) is 0 Å². The molecule has 2 aromatic carbocycles. The molecule has 0 bridgehead atoms. The highest BCUT2D eigenvalue weighted by Crippen LogP contribution is 2.21. The fourth-order valence-electron chi connectivity index (χ4n) is 2.28. The number of thioether (sulfide) groups is 1. The predicted octanol–water partition coefficient (Wildman–Crippen LogP) is 5.17. The minimum atomic E-state index is 0.201. The molecule has 0 aromatic heterocycles. The minimum Gasteiger partial charge on any atom is -0.293 e. The van der Waals surface area contributed by atoms with Crippen LogP contribution >= 0.6 is 11.8 Å². The summed E-state index contributed by atoms with van der Waals surface area (Å²) in [5, 5.41) is 0. The number of carbonyl (C=O) groups excluding carboxylic acids is 1. The molecule has 0 N–H and O–H groups in total. The number of aryl methyl sites for hydroxylation is 1. The lowest BCUT2D eigenvalue weighted by Gasteiger charge is -2.07. The average Bonchev–Trinajstić information content (AvgIpc) is 2.44. The molecule has 1 nitrogen and oxygen atoms in total. The van der Waals surface area contributed by atoms with Crippen molar-refractivity contribution in [1.82, 2.24) is 0 Å². The Morgan fingerprint density at radius 1 is 1.10 bits per heavy atom. The van der Waals surface area contributed by atoms with E-state index in [1.165, 1.54) is 11.1 Å². The third kappa shape index (κ3) is 5.05. The van der Waals surface area contributed by atoms with Crippen LogP contribution in [0.1, 0.15) is 35.3 Å². The normalized spacial score (nSPS) is 10.9. The van der Waals surface area contributed by atoms with Gasteiger partial charge in [-0.3, -0.25) is 4.79 Å². The molecular weight excluding hydrogens is 276 g/mol. The third-order valence-electron chi connectivity index (χ3n) is 3.25. The Bertz CT molecular complexity index is 616. The lowest BCUT2D eigenvalue weighted by molar-refractivity contribution is 0.102. The van der Waals surface area contributed by atoms with Crippen molar-refractivity contribution >= 4 is 17.5 Å². The summed E-state index contributed by atoms with van der Waals surface area (Å²) in [5.41, 5.74) is 3.30. The first-order chi connectivity index (χ1) is 10.0. The van der Waals surface area contributed by atoms with E-state index in [2.05, 4.69) is 45.0 Å². The lowest BCUT2D eigenvalue weighted by atomic mass is 10.00. The van der Waals surface area contributed by atoms with Crippen LogP contribution < -0.4 is 0 Å². The Hall–Kier alpha value is -1.54. The molecule has 2 heteroatoms. The van der Waals surface area contributed by atoms with E-state index < -0.39 is 0 Å². The smallest absolute Gasteiger partial charge is 0.173 e. The summed E-state index contributed by atoms with van der Waals surface area (Å²) in [6.45, 7) is 6.46. The highest BCUT2D eigenvalue weighted by Gasteiger charge is 2.08. The van der Waals surface area contributed by atoms with Gasteiger partial charge >= 0.3 is 0 Å². The zero-order valence-corrected chi connectivity index (χ0v) is 13.7. The summed E-state index contributed by atoms with van der Waals surface area (Å²) in [4.78, 5) is 13.5. The van der Waals surface area contributed by atoms with E-state index in [1.54, 1.807) is 11.8 Å². The first kappa shape index (κ1) is 15.8. The summed E-state index contributed by atoms with van der Waals surface area (Å²) >= 11 is 1.61. The summed E-state index contributed by atoms with van der Waals surface area (Å²) in [5.74, 6) is 1.30. The lowest BCUT2D eigenvalue weighted by Crippen LogP contribution is -2.04. The number of Topliss-reactive ketones (excluding diaryl/α,β-unsaturated/α-hetero) is 1. The van der Waals surface area contributed by atoms with Crippen LogP contribution in [0.2, 0.25) is 0 Å². The van der Waals surface area contributed by atoms with Crippen LogP contribution in [0.5, 0.6) is 0 Å². The molecule has 0 heterocycles. The number of hydrogen-bond donors (Lipinski definition) is 0. The van der Waals surface area contributed by atoms with Crippen LogP contribution in [0, 0.1) is 12.8 Å². The van der Waals surface area contributed by atoms with Gasteiger partial charge in [0.2, 0.25) is 0 Å². The average molecular weight is 298 g/mol. The first-order valence-corrected chi connectivity index (χ1v) is 8.35. The van der Waals surface area contributed by atoms with Crippen LogP contribution in [-0.2, 0) is 6.42 Å². The van der Waals surface area contributed by atoms with Gasteiger partial charge in [-0.05, 0) is 43.0 Å². The van der Waals surface area contributed by atoms with Gasteiger partial charge in [0.25, 0.3) is 0 Å². The molecule has 2 rings (SSSR count).